The molecule has 4 rings (SSSR count). The lowest BCUT2D eigenvalue weighted by Crippen LogP contribution is -2.46. The van der Waals surface area contributed by atoms with Crippen molar-refractivity contribution in [3.8, 4) is 11.5 Å². The average Bonchev–Trinajstić information content (AvgIpc) is 2.83. The summed E-state index contributed by atoms with van der Waals surface area (Å²) in [5.41, 5.74) is 2.54. The van der Waals surface area contributed by atoms with Crippen molar-refractivity contribution in [2.24, 2.45) is 0 Å². The van der Waals surface area contributed by atoms with Crippen LogP contribution in [0.1, 0.15) is 24.1 Å². The number of carbonyl (C=O) groups excluding carboxylic acids is 2. The number of carbonyl (C=O) groups is 2. The van der Waals surface area contributed by atoms with Gasteiger partial charge in [0, 0.05) is 11.9 Å². The molecule has 1 aliphatic heterocycles. The first-order chi connectivity index (χ1) is 16.0. The number of benzene rings is 2. The van der Waals surface area contributed by atoms with Gasteiger partial charge in [0.2, 0.25) is 0 Å². The predicted molar refractivity (Wildman–Crippen MR) is 124 cm³/mol. The van der Waals surface area contributed by atoms with Crippen LogP contribution in [0.4, 0.5) is 10.6 Å². The van der Waals surface area contributed by atoms with E-state index in [1.807, 2.05) is 30.3 Å². The molecule has 33 heavy (non-hydrogen) atoms. The Morgan fingerprint density at radius 3 is 2.58 bits per heavy atom. The molecule has 3 N–H and O–H groups in total. The van der Waals surface area contributed by atoms with Crippen LogP contribution in [-0.4, -0.2) is 24.0 Å². The highest BCUT2D eigenvalue weighted by Gasteiger charge is 2.32. The number of rotatable bonds is 7. The van der Waals surface area contributed by atoms with Gasteiger partial charge in [-0.2, -0.15) is 0 Å². The highest BCUT2D eigenvalue weighted by atomic mass is 16.5. The lowest BCUT2D eigenvalue weighted by Gasteiger charge is -2.29. The van der Waals surface area contributed by atoms with E-state index in [0.29, 0.717) is 40.8 Å². The van der Waals surface area contributed by atoms with Gasteiger partial charge in [-0.1, -0.05) is 42.5 Å². The van der Waals surface area contributed by atoms with E-state index in [1.54, 1.807) is 56.6 Å². The van der Waals surface area contributed by atoms with E-state index >= 15 is 0 Å². The topological polar surface area (TPSA) is 102 Å². The van der Waals surface area contributed by atoms with Gasteiger partial charge >= 0.3 is 6.03 Å². The Labute approximate surface area is 191 Å². The van der Waals surface area contributed by atoms with E-state index in [9.17, 15) is 9.59 Å². The summed E-state index contributed by atoms with van der Waals surface area (Å²) in [5, 5.41) is 8.27. The maximum atomic E-state index is 13.1. The van der Waals surface area contributed by atoms with Crippen molar-refractivity contribution >= 4 is 17.8 Å². The largest absolute Gasteiger partial charge is 0.493 e. The third kappa shape index (κ3) is 5.12. The lowest BCUT2D eigenvalue weighted by molar-refractivity contribution is -0.113. The zero-order valence-corrected chi connectivity index (χ0v) is 18.3. The molecule has 0 bridgehead atoms. The Balaban J connectivity index is 1.60. The first-order valence-electron chi connectivity index (χ1n) is 10.4. The third-order valence-corrected chi connectivity index (χ3v) is 5.18. The molecule has 0 aliphatic carbocycles. The summed E-state index contributed by atoms with van der Waals surface area (Å²) < 4.78 is 11.5. The number of hydrogen-bond acceptors (Lipinski definition) is 5. The van der Waals surface area contributed by atoms with E-state index in [4.69, 9.17) is 9.47 Å². The fourth-order valence-corrected chi connectivity index (χ4v) is 3.58. The summed E-state index contributed by atoms with van der Waals surface area (Å²) in [4.78, 5) is 29.4. The maximum Gasteiger partial charge on any atom is 0.319 e. The molecule has 0 radical (unpaired) electrons. The van der Waals surface area contributed by atoms with Gasteiger partial charge in [0.1, 0.15) is 12.4 Å². The number of pyridine rings is 1. The highest BCUT2D eigenvalue weighted by molar-refractivity contribution is 6.06. The molecule has 1 aromatic heterocycles. The summed E-state index contributed by atoms with van der Waals surface area (Å²) in [5.74, 6) is 1.11. The fourth-order valence-electron chi connectivity index (χ4n) is 3.58. The zero-order chi connectivity index (χ0) is 23.2. The minimum absolute atomic E-state index is 0.368. The standard InChI is InChI=1S/C25H24N4O4/c1-16-22(24(30)28-21-10-6-7-13-26-21)23(29-25(31)27-16)18-11-12-19(20(14-18)32-2)33-15-17-8-4-3-5-9-17/h3-14,23H,15H2,1-2H3,(H,26,28,30)(H2,27,29,31). The van der Waals surface area contributed by atoms with Crippen molar-refractivity contribution in [2.75, 3.05) is 12.4 Å². The van der Waals surface area contributed by atoms with E-state index in [-0.39, 0.29) is 5.91 Å². The first kappa shape index (κ1) is 21.9. The molecule has 3 amide bonds. The normalized spacial score (nSPS) is 15.3. The molecular weight excluding hydrogens is 420 g/mol. The molecule has 2 aromatic carbocycles. The van der Waals surface area contributed by atoms with Gasteiger partial charge in [-0.25, -0.2) is 9.78 Å². The summed E-state index contributed by atoms with van der Waals surface area (Å²) in [6.45, 7) is 2.07. The molecular formula is C25H24N4O4. The van der Waals surface area contributed by atoms with Crippen LogP contribution in [0.15, 0.2) is 84.2 Å². The first-order valence-corrected chi connectivity index (χ1v) is 10.4. The van der Waals surface area contributed by atoms with Crippen molar-refractivity contribution in [2.45, 2.75) is 19.6 Å². The van der Waals surface area contributed by atoms with Crippen LogP contribution in [0, 0.1) is 0 Å². The number of nitrogens with one attached hydrogen (secondary N) is 3. The number of aromatic nitrogens is 1. The van der Waals surface area contributed by atoms with Gasteiger partial charge in [-0.3, -0.25) is 4.79 Å². The molecule has 0 spiro atoms. The number of methoxy groups -OCH3 is 1. The average molecular weight is 444 g/mol. The minimum atomic E-state index is -0.681. The molecule has 1 unspecified atom stereocenters. The van der Waals surface area contributed by atoms with Gasteiger partial charge in [0.15, 0.2) is 11.5 Å². The van der Waals surface area contributed by atoms with Gasteiger partial charge in [0.05, 0.1) is 18.7 Å². The molecule has 8 heteroatoms. The molecule has 1 atom stereocenters. The summed E-state index contributed by atoms with van der Waals surface area (Å²) in [6, 6.07) is 19.3. The van der Waals surface area contributed by atoms with Crippen molar-refractivity contribution in [1.29, 1.82) is 0 Å². The molecule has 3 aromatic rings. The van der Waals surface area contributed by atoms with Crippen LogP contribution < -0.4 is 25.4 Å². The number of anilines is 1. The van der Waals surface area contributed by atoms with Crippen LogP contribution in [0.25, 0.3) is 0 Å². The summed E-state index contributed by atoms with van der Waals surface area (Å²) in [7, 11) is 1.55. The number of amides is 3. The number of allylic oxidation sites excluding steroid dienone is 1. The van der Waals surface area contributed by atoms with Crippen LogP contribution in [0.3, 0.4) is 0 Å². The van der Waals surface area contributed by atoms with Gasteiger partial charge < -0.3 is 25.4 Å². The molecule has 168 valence electrons. The minimum Gasteiger partial charge on any atom is -0.493 e. The second-order valence-corrected chi connectivity index (χ2v) is 7.42. The summed E-state index contributed by atoms with van der Waals surface area (Å²) in [6.07, 6.45) is 1.59. The second kappa shape index (κ2) is 9.86. The molecule has 1 aliphatic rings. The molecule has 8 nitrogen and oxygen atoms in total. The Kier molecular flexibility index (Phi) is 6.54. The van der Waals surface area contributed by atoms with Crippen molar-refractivity contribution in [1.82, 2.24) is 15.6 Å². The van der Waals surface area contributed by atoms with E-state index in [2.05, 4.69) is 20.9 Å². The maximum absolute atomic E-state index is 13.1. The SMILES string of the molecule is COc1cc(C2NC(=O)NC(C)=C2C(=O)Nc2ccccn2)ccc1OCc1ccccc1. The Hall–Kier alpha value is -4.33. The zero-order valence-electron chi connectivity index (χ0n) is 18.3. The van der Waals surface area contributed by atoms with E-state index in [0.717, 1.165) is 5.56 Å². The molecule has 2 heterocycles. The van der Waals surface area contributed by atoms with Gasteiger partial charge in [-0.05, 0) is 42.3 Å². The highest BCUT2D eigenvalue weighted by Crippen LogP contribution is 2.35. The van der Waals surface area contributed by atoms with E-state index in [1.165, 1.54) is 0 Å². The Morgan fingerprint density at radius 2 is 1.85 bits per heavy atom. The van der Waals surface area contributed by atoms with Crippen LogP contribution in [0.2, 0.25) is 0 Å². The molecule has 0 saturated carbocycles. The molecule has 0 saturated heterocycles. The van der Waals surface area contributed by atoms with E-state index < -0.39 is 12.1 Å². The smallest absolute Gasteiger partial charge is 0.319 e. The number of ether oxygens (including phenoxy) is 2. The monoisotopic (exact) mass is 444 g/mol. The lowest BCUT2D eigenvalue weighted by atomic mass is 9.94. The number of hydrogen-bond donors (Lipinski definition) is 3. The van der Waals surface area contributed by atoms with Gasteiger partial charge in [-0.15, -0.1) is 0 Å². The molecule has 0 fully saturated rings. The Bertz CT molecular complexity index is 1180. The quantitative estimate of drug-likeness (QED) is 0.513. The van der Waals surface area contributed by atoms with Crippen LogP contribution >= 0.6 is 0 Å². The Morgan fingerprint density at radius 1 is 1.06 bits per heavy atom. The van der Waals surface area contributed by atoms with Crippen LogP contribution in [-0.2, 0) is 11.4 Å². The fraction of sp³-hybridized carbons (Fsp3) is 0.160. The number of urea groups is 1. The van der Waals surface area contributed by atoms with Crippen molar-refractivity contribution < 1.29 is 19.1 Å². The van der Waals surface area contributed by atoms with Crippen molar-refractivity contribution in [3.63, 3.8) is 0 Å². The number of nitrogens with zero attached hydrogens (tertiary/aromatic N) is 1. The summed E-state index contributed by atoms with van der Waals surface area (Å²) >= 11 is 0. The van der Waals surface area contributed by atoms with Crippen molar-refractivity contribution in [3.05, 3.63) is 95.3 Å². The predicted octanol–water partition coefficient (Wildman–Crippen LogP) is 3.94. The second-order valence-electron chi connectivity index (χ2n) is 7.42. The van der Waals surface area contributed by atoms with Gasteiger partial charge in [0.25, 0.3) is 5.91 Å². The third-order valence-electron chi connectivity index (χ3n) is 5.18. The van der Waals surface area contributed by atoms with Crippen LogP contribution in [0.5, 0.6) is 11.5 Å².